The second-order valence-corrected chi connectivity index (χ2v) is 6.32. The second kappa shape index (κ2) is 7.05. The van der Waals surface area contributed by atoms with Gasteiger partial charge in [-0.3, -0.25) is 4.40 Å². The van der Waals surface area contributed by atoms with E-state index in [-0.39, 0.29) is 5.56 Å². The van der Waals surface area contributed by atoms with E-state index in [0.29, 0.717) is 16.5 Å². The zero-order chi connectivity index (χ0) is 18.8. The van der Waals surface area contributed by atoms with Crippen molar-refractivity contribution < 1.29 is 9.90 Å². The molecule has 2 aromatic carbocycles. The molecule has 0 saturated carbocycles. The van der Waals surface area contributed by atoms with E-state index in [1.807, 2.05) is 65.2 Å². The van der Waals surface area contributed by atoms with Crippen LogP contribution in [0.2, 0.25) is 5.02 Å². The number of azo groups is 1. The molecule has 0 atom stereocenters. The van der Waals surface area contributed by atoms with Gasteiger partial charge in [-0.15, -0.1) is 10.2 Å². The molecule has 1 N–H and O–H groups in total. The Morgan fingerprint density at radius 3 is 2.48 bits per heavy atom. The van der Waals surface area contributed by atoms with Crippen molar-refractivity contribution in [3.63, 3.8) is 0 Å². The Morgan fingerprint density at radius 2 is 1.70 bits per heavy atom. The van der Waals surface area contributed by atoms with Crippen LogP contribution >= 0.6 is 11.6 Å². The van der Waals surface area contributed by atoms with Crippen LogP contribution < -0.4 is 0 Å². The van der Waals surface area contributed by atoms with Gasteiger partial charge in [0.05, 0.1) is 10.6 Å². The molecule has 0 spiro atoms. The monoisotopic (exact) mass is 375 g/mol. The van der Waals surface area contributed by atoms with Gasteiger partial charge >= 0.3 is 5.97 Å². The van der Waals surface area contributed by atoms with E-state index in [2.05, 4.69) is 10.2 Å². The smallest absolute Gasteiger partial charge is 0.335 e. The molecule has 0 fully saturated rings. The Bertz CT molecular complexity index is 1170. The van der Waals surface area contributed by atoms with Crippen molar-refractivity contribution in [3.05, 3.63) is 89.6 Å². The summed E-state index contributed by atoms with van der Waals surface area (Å²) in [6, 6.07) is 22.2. The van der Waals surface area contributed by atoms with Crippen LogP contribution in [-0.2, 0) is 0 Å². The lowest BCUT2D eigenvalue weighted by Gasteiger charge is -2.02. The van der Waals surface area contributed by atoms with Crippen molar-refractivity contribution in [1.29, 1.82) is 0 Å². The Morgan fingerprint density at radius 1 is 0.926 bits per heavy atom. The number of fused-ring (bicyclic) bond motifs is 1. The van der Waals surface area contributed by atoms with Gasteiger partial charge in [0, 0.05) is 17.3 Å². The molecule has 27 heavy (non-hydrogen) atoms. The van der Waals surface area contributed by atoms with E-state index in [9.17, 15) is 4.79 Å². The summed E-state index contributed by atoms with van der Waals surface area (Å²) in [5, 5.41) is 18.2. The summed E-state index contributed by atoms with van der Waals surface area (Å²) in [6.45, 7) is 0. The number of hydrogen-bond donors (Lipinski definition) is 1. The molecule has 0 saturated heterocycles. The number of benzene rings is 2. The van der Waals surface area contributed by atoms with Crippen LogP contribution in [-0.4, -0.2) is 15.5 Å². The molecule has 132 valence electrons. The summed E-state index contributed by atoms with van der Waals surface area (Å²) < 4.78 is 1.93. The minimum absolute atomic E-state index is 0.108. The van der Waals surface area contributed by atoms with Crippen LogP contribution in [0.5, 0.6) is 0 Å². The molecule has 4 aromatic rings. The zero-order valence-corrected chi connectivity index (χ0v) is 14.8. The van der Waals surface area contributed by atoms with E-state index >= 15 is 0 Å². The lowest BCUT2D eigenvalue weighted by atomic mass is 10.1. The molecule has 5 nitrogen and oxygen atoms in total. The van der Waals surface area contributed by atoms with E-state index in [0.717, 1.165) is 16.6 Å². The molecule has 0 aliphatic heterocycles. The fourth-order valence-electron chi connectivity index (χ4n) is 2.86. The number of carbonyl (C=O) groups is 1. The summed E-state index contributed by atoms with van der Waals surface area (Å²) in [5.74, 6) is -0.394. The number of carboxylic acids is 1. The molecule has 0 radical (unpaired) electrons. The van der Waals surface area contributed by atoms with Crippen molar-refractivity contribution in [2.24, 2.45) is 10.2 Å². The standard InChI is InChI=1S/C21H14ClN3O2/c22-18-10-9-15(21(26)27)12-19(18)23-24-20-17(14-6-2-1-3-7-14)13-16-8-4-5-11-25(16)20/h1-13H,(H,26,27). The minimum atomic E-state index is -1.04. The molecule has 2 heterocycles. The third-order valence-electron chi connectivity index (χ3n) is 4.18. The maximum atomic E-state index is 11.2. The van der Waals surface area contributed by atoms with Crippen molar-refractivity contribution in [2.45, 2.75) is 0 Å². The third-order valence-corrected chi connectivity index (χ3v) is 4.50. The molecule has 6 heteroatoms. The summed E-state index contributed by atoms with van der Waals surface area (Å²) in [7, 11) is 0. The van der Waals surface area contributed by atoms with E-state index in [1.165, 1.54) is 18.2 Å². The second-order valence-electron chi connectivity index (χ2n) is 5.91. The fourth-order valence-corrected chi connectivity index (χ4v) is 3.02. The maximum absolute atomic E-state index is 11.2. The molecule has 0 aliphatic carbocycles. The molecule has 2 aromatic heterocycles. The van der Waals surface area contributed by atoms with Gasteiger partial charge in [-0.05, 0) is 42.0 Å². The molecule has 0 amide bonds. The number of hydrogen-bond acceptors (Lipinski definition) is 3. The molecular formula is C21H14ClN3O2. The van der Waals surface area contributed by atoms with Crippen LogP contribution in [0.1, 0.15) is 10.4 Å². The number of aromatic nitrogens is 1. The summed E-state index contributed by atoms with van der Waals surface area (Å²) >= 11 is 6.16. The van der Waals surface area contributed by atoms with Gasteiger partial charge in [0.1, 0.15) is 5.69 Å². The van der Waals surface area contributed by atoms with Crippen molar-refractivity contribution in [1.82, 2.24) is 4.40 Å². The number of rotatable bonds is 4. The first-order valence-corrected chi connectivity index (χ1v) is 8.61. The molecule has 0 bridgehead atoms. The zero-order valence-electron chi connectivity index (χ0n) is 14.1. The predicted octanol–water partition coefficient (Wildman–Crippen LogP) is 6.37. The third kappa shape index (κ3) is 3.32. The summed E-state index contributed by atoms with van der Waals surface area (Å²) in [4.78, 5) is 11.2. The SMILES string of the molecule is O=C(O)c1ccc(Cl)c(N=Nc2c(-c3ccccc3)cc3ccccn23)c1. The van der Waals surface area contributed by atoms with E-state index in [4.69, 9.17) is 16.7 Å². The average Bonchev–Trinajstić information content (AvgIpc) is 3.06. The highest BCUT2D eigenvalue weighted by molar-refractivity contribution is 6.33. The van der Waals surface area contributed by atoms with Crippen LogP contribution in [0.3, 0.4) is 0 Å². The molecular weight excluding hydrogens is 362 g/mol. The van der Waals surface area contributed by atoms with Gasteiger partial charge in [-0.25, -0.2) is 4.79 Å². The highest BCUT2D eigenvalue weighted by Gasteiger charge is 2.12. The van der Waals surface area contributed by atoms with Crippen LogP contribution in [0.25, 0.3) is 16.6 Å². The first-order chi connectivity index (χ1) is 13.1. The predicted molar refractivity (Wildman–Crippen MR) is 105 cm³/mol. The fraction of sp³-hybridized carbons (Fsp3) is 0. The number of halogens is 1. The van der Waals surface area contributed by atoms with Crippen molar-refractivity contribution in [2.75, 3.05) is 0 Å². The highest BCUT2D eigenvalue weighted by atomic mass is 35.5. The quantitative estimate of drug-likeness (QED) is 0.421. The lowest BCUT2D eigenvalue weighted by molar-refractivity contribution is 0.0697. The first-order valence-electron chi connectivity index (χ1n) is 8.23. The Hall–Kier alpha value is -3.44. The first kappa shape index (κ1) is 17.0. The average molecular weight is 376 g/mol. The highest BCUT2D eigenvalue weighted by Crippen LogP contribution is 2.36. The number of nitrogens with zero attached hydrogens (tertiary/aromatic N) is 3. The van der Waals surface area contributed by atoms with Gasteiger partial charge < -0.3 is 5.11 Å². The number of aromatic carboxylic acids is 1. The molecule has 4 rings (SSSR count). The van der Waals surface area contributed by atoms with Gasteiger partial charge in [0.2, 0.25) is 0 Å². The lowest BCUT2D eigenvalue weighted by Crippen LogP contribution is -1.94. The van der Waals surface area contributed by atoms with Crippen LogP contribution in [0.15, 0.2) is 89.2 Å². The number of pyridine rings is 1. The van der Waals surface area contributed by atoms with Crippen LogP contribution in [0, 0.1) is 0 Å². The van der Waals surface area contributed by atoms with Crippen LogP contribution in [0.4, 0.5) is 11.5 Å². The van der Waals surface area contributed by atoms with Crippen molar-refractivity contribution >= 4 is 34.6 Å². The van der Waals surface area contributed by atoms with Gasteiger partial charge in [-0.1, -0.05) is 48.0 Å². The van der Waals surface area contributed by atoms with Gasteiger partial charge in [-0.2, -0.15) is 0 Å². The maximum Gasteiger partial charge on any atom is 0.335 e. The van der Waals surface area contributed by atoms with Gasteiger partial charge in [0.15, 0.2) is 5.82 Å². The molecule has 0 unspecified atom stereocenters. The summed E-state index contributed by atoms with van der Waals surface area (Å²) in [6.07, 6.45) is 1.91. The Labute approximate surface area is 160 Å². The van der Waals surface area contributed by atoms with Gasteiger partial charge in [0.25, 0.3) is 0 Å². The van der Waals surface area contributed by atoms with E-state index < -0.39 is 5.97 Å². The normalized spacial score (nSPS) is 11.3. The van der Waals surface area contributed by atoms with E-state index in [1.54, 1.807) is 0 Å². The minimum Gasteiger partial charge on any atom is -0.478 e. The Balaban J connectivity index is 1.86. The molecule has 0 aliphatic rings. The summed E-state index contributed by atoms with van der Waals surface area (Å²) in [5.41, 5.74) is 3.34. The number of carboxylic acid groups (broad SMARTS) is 1. The largest absolute Gasteiger partial charge is 0.478 e. The van der Waals surface area contributed by atoms with Crippen molar-refractivity contribution in [3.8, 4) is 11.1 Å². The Kier molecular flexibility index (Phi) is 4.44. The topological polar surface area (TPSA) is 66.4 Å².